The van der Waals surface area contributed by atoms with Gasteiger partial charge in [-0.15, -0.1) is 0 Å². The van der Waals surface area contributed by atoms with Crippen LogP contribution >= 0.6 is 11.8 Å². The van der Waals surface area contributed by atoms with Crippen LogP contribution in [0.5, 0.6) is 0 Å². The van der Waals surface area contributed by atoms with Crippen LogP contribution in [0.15, 0.2) is 36.4 Å². The van der Waals surface area contributed by atoms with Gasteiger partial charge in [-0.3, -0.25) is 0 Å². The van der Waals surface area contributed by atoms with Gasteiger partial charge < -0.3 is 0 Å². The van der Waals surface area contributed by atoms with Crippen molar-refractivity contribution in [1.82, 2.24) is 0 Å². The summed E-state index contributed by atoms with van der Waals surface area (Å²) >= 11 is 2.01. The van der Waals surface area contributed by atoms with E-state index < -0.39 is 0 Å². The third-order valence-corrected chi connectivity index (χ3v) is 4.12. The Labute approximate surface area is 102 Å². The molecule has 1 unspecified atom stereocenters. The maximum Gasteiger partial charge on any atom is 0.0275 e. The van der Waals surface area contributed by atoms with Crippen molar-refractivity contribution < 1.29 is 0 Å². The van der Waals surface area contributed by atoms with E-state index in [2.05, 4.69) is 57.2 Å². The molecular formula is C15H18S. The van der Waals surface area contributed by atoms with Gasteiger partial charge in [-0.1, -0.05) is 43.3 Å². The van der Waals surface area contributed by atoms with Crippen LogP contribution in [0.25, 0.3) is 10.8 Å². The highest BCUT2D eigenvalue weighted by Gasteiger charge is 2.09. The van der Waals surface area contributed by atoms with E-state index in [1.807, 2.05) is 11.8 Å². The van der Waals surface area contributed by atoms with Crippen molar-refractivity contribution >= 4 is 22.5 Å². The Morgan fingerprint density at radius 1 is 1.06 bits per heavy atom. The van der Waals surface area contributed by atoms with Gasteiger partial charge in [-0.25, -0.2) is 0 Å². The molecule has 0 aliphatic rings. The number of benzene rings is 2. The molecule has 0 fully saturated rings. The minimum atomic E-state index is 0.579. The first-order chi connectivity index (χ1) is 7.74. The van der Waals surface area contributed by atoms with Crippen LogP contribution in [0, 0.1) is 6.92 Å². The number of aryl methyl sites for hydroxylation is 1. The summed E-state index contributed by atoms with van der Waals surface area (Å²) in [5.74, 6) is 1.17. The monoisotopic (exact) mass is 230 g/mol. The van der Waals surface area contributed by atoms with Gasteiger partial charge in [-0.05, 0) is 41.5 Å². The van der Waals surface area contributed by atoms with Gasteiger partial charge in [0.15, 0.2) is 0 Å². The standard InChI is InChI=1S/C15H18S/c1-4-16-12(3)14-10-9-11(2)13-7-5-6-8-15(13)14/h5-10,12H,4H2,1-3H3. The van der Waals surface area contributed by atoms with Gasteiger partial charge in [0.1, 0.15) is 0 Å². The number of fused-ring (bicyclic) bond motifs is 1. The van der Waals surface area contributed by atoms with Crippen LogP contribution in [0.4, 0.5) is 0 Å². The van der Waals surface area contributed by atoms with E-state index in [0.717, 1.165) is 0 Å². The summed E-state index contributed by atoms with van der Waals surface area (Å²) in [5.41, 5.74) is 2.83. The second kappa shape index (κ2) is 4.92. The van der Waals surface area contributed by atoms with E-state index >= 15 is 0 Å². The Hall–Kier alpha value is -0.950. The molecule has 0 saturated heterocycles. The normalized spacial score (nSPS) is 12.9. The van der Waals surface area contributed by atoms with Crippen molar-refractivity contribution in [3.63, 3.8) is 0 Å². The molecule has 2 aromatic carbocycles. The zero-order valence-corrected chi connectivity index (χ0v) is 11.0. The summed E-state index contributed by atoms with van der Waals surface area (Å²) in [4.78, 5) is 0. The second-order valence-corrected chi connectivity index (χ2v) is 5.73. The predicted octanol–water partition coefficient (Wildman–Crippen LogP) is 4.96. The molecule has 0 amide bonds. The molecule has 0 aromatic heterocycles. The van der Waals surface area contributed by atoms with Crippen molar-refractivity contribution in [2.45, 2.75) is 26.0 Å². The van der Waals surface area contributed by atoms with E-state index in [1.54, 1.807) is 0 Å². The predicted molar refractivity (Wildman–Crippen MR) is 75.2 cm³/mol. The molecule has 0 spiro atoms. The summed E-state index contributed by atoms with van der Waals surface area (Å²) in [6.07, 6.45) is 0. The van der Waals surface area contributed by atoms with Crippen molar-refractivity contribution in [2.24, 2.45) is 0 Å². The summed E-state index contributed by atoms with van der Waals surface area (Å²) < 4.78 is 0. The smallest absolute Gasteiger partial charge is 0.0275 e. The number of thioether (sulfide) groups is 1. The van der Waals surface area contributed by atoms with Crippen molar-refractivity contribution in [2.75, 3.05) is 5.75 Å². The van der Waals surface area contributed by atoms with Gasteiger partial charge in [-0.2, -0.15) is 11.8 Å². The third kappa shape index (κ3) is 2.10. The van der Waals surface area contributed by atoms with Crippen LogP contribution < -0.4 is 0 Å². The fourth-order valence-corrected chi connectivity index (χ4v) is 3.05. The van der Waals surface area contributed by atoms with E-state index in [9.17, 15) is 0 Å². The minimum Gasteiger partial charge on any atom is -0.154 e. The topological polar surface area (TPSA) is 0 Å². The van der Waals surface area contributed by atoms with E-state index in [0.29, 0.717) is 5.25 Å². The summed E-state index contributed by atoms with van der Waals surface area (Å²) in [7, 11) is 0. The third-order valence-electron chi connectivity index (χ3n) is 3.03. The van der Waals surface area contributed by atoms with Crippen molar-refractivity contribution in [3.05, 3.63) is 47.5 Å². The van der Waals surface area contributed by atoms with Gasteiger partial charge in [0, 0.05) is 5.25 Å². The SMILES string of the molecule is CCSC(C)c1ccc(C)c2ccccc12. The first-order valence-electron chi connectivity index (χ1n) is 5.84. The largest absolute Gasteiger partial charge is 0.154 e. The highest BCUT2D eigenvalue weighted by molar-refractivity contribution is 7.99. The van der Waals surface area contributed by atoms with Crippen LogP contribution in [0.3, 0.4) is 0 Å². The Balaban J connectivity index is 2.58. The van der Waals surface area contributed by atoms with Crippen LogP contribution in [-0.4, -0.2) is 5.75 Å². The molecule has 2 aromatic rings. The maximum atomic E-state index is 2.30. The zero-order valence-electron chi connectivity index (χ0n) is 10.2. The second-order valence-electron chi connectivity index (χ2n) is 4.11. The molecule has 0 aliphatic heterocycles. The van der Waals surface area contributed by atoms with Crippen LogP contribution in [0.2, 0.25) is 0 Å². The Kier molecular flexibility index (Phi) is 3.55. The number of rotatable bonds is 3. The van der Waals surface area contributed by atoms with E-state index in [4.69, 9.17) is 0 Å². The molecule has 0 nitrogen and oxygen atoms in total. The molecule has 0 saturated carbocycles. The van der Waals surface area contributed by atoms with Gasteiger partial charge in [0.2, 0.25) is 0 Å². The first kappa shape index (κ1) is 11.5. The molecule has 0 heterocycles. The summed E-state index contributed by atoms with van der Waals surface area (Å²) in [6.45, 7) is 6.70. The Morgan fingerprint density at radius 2 is 1.75 bits per heavy atom. The summed E-state index contributed by atoms with van der Waals surface area (Å²) in [6, 6.07) is 13.2. The number of hydrogen-bond acceptors (Lipinski definition) is 1. The molecule has 0 aliphatic carbocycles. The molecule has 0 bridgehead atoms. The fraction of sp³-hybridized carbons (Fsp3) is 0.333. The van der Waals surface area contributed by atoms with Crippen LogP contribution in [0.1, 0.15) is 30.2 Å². The van der Waals surface area contributed by atoms with Crippen molar-refractivity contribution in [1.29, 1.82) is 0 Å². The summed E-state index contributed by atoms with van der Waals surface area (Å²) in [5, 5.41) is 3.38. The van der Waals surface area contributed by atoms with Crippen molar-refractivity contribution in [3.8, 4) is 0 Å². The lowest BCUT2D eigenvalue weighted by molar-refractivity contribution is 1.11. The average Bonchev–Trinajstić information content (AvgIpc) is 2.30. The van der Waals surface area contributed by atoms with Gasteiger partial charge in [0.25, 0.3) is 0 Å². The Bertz CT molecular complexity index is 488. The maximum absolute atomic E-state index is 2.30. The first-order valence-corrected chi connectivity index (χ1v) is 6.88. The minimum absolute atomic E-state index is 0.579. The van der Waals surface area contributed by atoms with E-state index in [-0.39, 0.29) is 0 Å². The molecule has 16 heavy (non-hydrogen) atoms. The highest BCUT2D eigenvalue weighted by Crippen LogP contribution is 2.34. The molecule has 1 atom stereocenters. The molecule has 2 rings (SSSR count). The van der Waals surface area contributed by atoms with Crippen LogP contribution in [-0.2, 0) is 0 Å². The molecule has 84 valence electrons. The number of hydrogen-bond donors (Lipinski definition) is 0. The lowest BCUT2D eigenvalue weighted by Gasteiger charge is -2.14. The average molecular weight is 230 g/mol. The molecule has 0 radical (unpaired) electrons. The zero-order chi connectivity index (χ0) is 11.5. The molecule has 0 N–H and O–H groups in total. The lowest BCUT2D eigenvalue weighted by atomic mass is 9.99. The molecular weight excluding hydrogens is 212 g/mol. The van der Waals surface area contributed by atoms with Gasteiger partial charge in [0.05, 0.1) is 0 Å². The lowest BCUT2D eigenvalue weighted by Crippen LogP contribution is -1.92. The molecule has 1 heteroatoms. The fourth-order valence-electron chi connectivity index (χ4n) is 2.17. The van der Waals surface area contributed by atoms with E-state index in [1.165, 1.54) is 27.7 Å². The van der Waals surface area contributed by atoms with Gasteiger partial charge >= 0.3 is 0 Å². The highest BCUT2D eigenvalue weighted by atomic mass is 32.2. The Morgan fingerprint density at radius 3 is 2.44 bits per heavy atom. The quantitative estimate of drug-likeness (QED) is 0.718.